The first-order valence-corrected chi connectivity index (χ1v) is 8.04. The minimum atomic E-state index is -4.66. The van der Waals surface area contributed by atoms with Gasteiger partial charge in [0.2, 0.25) is 5.95 Å². The van der Waals surface area contributed by atoms with Crippen LogP contribution < -0.4 is 10.6 Å². The molecule has 0 amide bonds. The van der Waals surface area contributed by atoms with Crippen molar-refractivity contribution < 1.29 is 23.1 Å². The fourth-order valence-corrected chi connectivity index (χ4v) is 2.23. The van der Waals surface area contributed by atoms with Crippen molar-refractivity contribution >= 4 is 46.6 Å². The highest BCUT2D eigenvalue weighted by Crippen LogP contribution is 2.34. The Morgan fingerprint density at radius 3 is 2.58 bits per heavy atom. The fraction of sp³-hybridized carbons (Fsp3) is 0.267. The third-order valence-electron chi connectivity index (χ3n) is 3.13. The number of nitrogens with zero attached hydrogens (tertiary/aromatic N) is 2. The monoisotopic (exact) mass is 408 g/mol. The summed E-state index contributed by atoms with van der Waals surface area (Å²) in [5.41, 5.74) is -0.608. The third-order valence-corrected chi connectivity index (χ3v) is 3.87. The third kappa shape index (κ3) is 5.63. The number of hydrogen-bond donors (Lipinski definition) is 3. The van der Waals surface area contributed by atoms with Crippen LogP contribution in [0.1, 0.15) is 18.4 Å². The lowest BCUT2D eigenvalue weighted by atomic mass is 10.2. The molecule has 0 aliphatic heterocycles. The SMILES string of the molecule is O=C(O)CCCNc1nc(Nc2ccc(Cl)c(Cl)c2)ncc1C(F)(F)F. The van der Waals surface area contributed by atoms with Crippen molar-refractivity contribution in [1.29, 1.82) is 0 Å². The molecule has 0 bridgehead atoms. The molecule has 0 radical (unpaired) electrons. The molecule has 0 spiro atoms. The number of aromatic nitrogens is 2. The molecule has 1 aromatic carbocycles. The summed E-state index contributed by atoms with van der Waals surface area (Å²) in [7, 11) is 0. The maximum absolute atomic E-state index is 13.1. The summed E-state index contributed by atoms with van der Waals surface area (Å²) in [5, 5.41) is 14.4. The Labute approximate surface area is 156 Å². The maximum atomic E-state index is 13.1. The van der Waals surface area contributed by atoms with E-state index in [-0.39, 0.29) is 30.4 Å². The van der Waals surface area contributed by atoms with Gasteiger partial charge >= 0.3 is 12.1 Å². The Bertz CT molecular complexity index is 803. The standard InChI is InChI=1S/C15H13Cl2F3N4O2/c16-10-4-3-8(6-11(10)17)23-14-22-7-9(15(18,19)20)13(24-14)21-5-1-2-12(25)26/h3-4,6-7H,1-2,5H2,(H,25,26)(H2,21,22,23,24). The molecule has 0 aliphatic rings. The van der Waals surface area contributed by atoms with Crippen molar-refractivity contribution in [2.24, 2.45) is 0 Å². The molecule has 2 rings (SSSR count). The van der Waals surface area contributed by atoms with E-state index in [4.69, 9.17) is 28.3 Å². The average molecular weight is 409 g/mol. The van der Waals surface area contributed by atoms with Gasteiger partial charge in [0.15, 0.2) is 0 Å². The Hall–Kier alpha value is -2.26. The van der Waals surface area contributed by atoms with Crippen LogP contribution in [0.15, 0.2) is 24.4 Å². The van der Waals surface area contributed by atoms with Crippen LogP contribution in [0.3, 0.4) is 0 Å². The highest BCUT2D eigenvalue weighted by Gasteiger charge is 2.35. The predicted molar refractivity (Wildman–Crippen MR) is 92.1 cm³/mol. The number of nitrogens with one attached hydrogen (secondary N) is 2. The molecule has 3 N–H and O–H groups in total. The Morgan fingerprint density at radius 2 is 1.96 bits per heavy atom. The summed E-state index contributed by atoms with van der Waals surface area (Å²) in [5.74, 6) is -1.56. The van der Waals surface area contributed by atoms with Crippen LogP contribution in [0.25, 0.3) is 0 Å². The van der Waals surface area contributed by atoms with Crippen LogP contribution in [0, 0.1) is 0 Å². The molecule has 0 fully saturated rings. The van der Waals surface area contributed by atoms with E-state index in [9.17, 15) is 18.0 Å². The largest absolute Gasteiger partial charge is 0.481 e. The van der Waals surface area contributed by atoms with Crippen LogP contribution in [-0.2, 0) is 11.0 Å². The van der Waals surface area contributed by atoms with Gasteiger partial charge in [0.25, 0.3) is 0 Å². The normalized spacial score (nSPS) is 11.3. The first-order valence-electron chi connectivity index (χ1n) is 7.29. The van der Waals surface area contributed by atoms with Gasteiger partial charge in [-0.1, -0.05) is 23.2 Å². The molecule has 11 heteroatoms. The summed E-state index contributed by atoms with van der Waals surface area (Å²) in [6.45, 7) is 0.0125. The minimum absolute atomic E-state index is 0.0125. The van der Waals surface area contributed by atoms with Crippen LogP contribution in [0.4, 0.5) is 30.6 Å². The molecular weight excluding hydrogens is 396 g/mol. The lowest BCUT2D eigenvalue weighted by Crippen LogP contribution is -2.15. The number of anilines is 3. The molecule has 0 saturated heterocycles. The van der Waals surface area contributed by atoms with E-state index in [1.54, 1.807) is 6.07 Å². The second kappa shape index (κ2) is 8.41. The van der Waals surface area contributed by atoms with Gasteiger partial charge in [0.1, 0.15) is 11.4 Å². The van der Waals surface area contributed by atoms with E-state index in [1.165, 1.54) is 12.1 Å². The fourth-order valence-electron chi connectivity index (χ4n) is 1.93. The zero-order valence-electron chi connectivity index (χ0n) is 13.1. The van der Waals surface area contributed by atoms with Crippen molar-refractivity contribution in [3.63, 3.8) is 0 Å². The molecule has 0 saturated carbocycles. The van der Waals surface area contributed by atoms with Crippen LogP contribution in [0.2, 0.25) is 10.0 Å². The lowest BCUT2D eigenvalue weighted by molar-refractivity contribution is -0.138. The molecule has 6 nitrogen and oxygen atoms in total. The minimum Gasteiger partial charge on any atom is -0.481 e. The average Bonchev–Trinajstić information content (AvgIpc) is 2.54. The van der Waals surface area contributed by atoms with E-state index in [1.807, 2.05) is 0 Å². The van der Waals surface area contributed by atoms with Gasteiger partial charge in [-0.2, -0.15) is 18.2 Å². The van der Waals surface area contributed by atoms with Crippen LogP contribution in [0.5, 0.6) is 0 Å². The van der Waals surface area contributed by atoms with Crippen LogP contribution >= 0.6 is 23.2 Å². The van der Waals surface area contributed by atoms with E-state index in [0.29, 0.717) is 16.9 Å². The first-order chi connectivity index (χ1) is 12.2. The number of benzene rings is 1. The summed E-state index contributed by atoms with van der Waals surface area (Å²) in [4.78, 5) is 18.0. The number of hydrogen-bond acceptors (Lipinski definition) is 5. The topological polar surface area (TPSA) is 87.1 Å². The smallest absolute Gasteiger partial charge is 0.421 e. The van der Waals surface area contributed by atoms with Crippen molar-refractivity contribution in [2.75, 3.05) is 17.2 Å². The molecular formula is C15H13Cl2F3N4O2. The molecule has 0 atom stereocenters. The number of halogens is 5. The second-order valence-electron chi connectivity index (χ2n) is 5.13. The predicted octanol–water partition coefficient (Wildman–Crippen LogP) is 4.82. The van der Waals surface area contributed by atoms with Crippen molar-refractivity contribution in [2.45, 2.75) is 19.0 Å². The summed E-state index contributed by atoms with van der Waals surface area (Å²) >= 11 is 11.7. The number of carbonyl (C=O) groups is 1. The van der Waals surface area contributed by atoms with Gasteiger partial charge in [-0.25, -0.2) is 4.98 Å². The molecule has 0 unspecified atom stereocenters. The number of rotatable bonds is 7. The molecule has 1 aromatic heterocycles. The van der Waals surface area contributed by atoms with Gasteiger partial charge in [0.05, 0.1) is 10.0 Å². The quantitative estimate of drug-likeness (QED) is 0.569. The summed E-state index contributed by atoms with van der Waals surface area (Å²) in [6.07, 6.45) is -4.04. The second-order valence-corrected chi connectivity index (χ2v) is 5.95. The van der Waals surface area contributed by atoms with Crippen LogP contribution in [-0.4, -0.2) is 27.6 Å². The van der Waals surface area contributed by atoms with Crippen molar-refractivity contribution in [3.05, 3.63) is 40.0 Å². The first kappa shape index (κ1) is 20.1. The lowest BCUT2D eigenvalue weighted by Gasteiger charge is -2.14. The number of alkyl halides is 3. The van der Waals surface area contributed by atoms with Crippen molar-refractivity contribution in [3.8, 4) is 0 Å². The maximum Gasteiger partial charge on any atom is 0.421 e. The van der Waals surface area contributed by atoms with Gasteiger partial charge in [-0.15, -0.1) is 0 Å². The van der Waals surface area contributed by atoms with E-state index in [2.05, 4.69) is 20.6 Å². The highest BCUT2D eigenvalue weighted by molar-refractivity contribution is 6.42. The van der Waals surface area contributed by atoms with Gasteiger partial charge in [0, 0.05) is 24.8 Å². The molecule has 140 valence electrons. The Kier molecular flexibility index (Phi) is 6.49. The molecule has 2 aromatic rings. The number of aliphatic carboxylic acids is 1. The Morgan fingerprint density at radius 1 is 1.23 bits per heavy atom. The zero-order chi connectivity index (χ0) is 19.3. The van der Waals surface area contributed by atoms with Gasteiger partial charge < -0.3 is 15.7 Å². The van der Waals surface area contributed by atoms with Gasteiger partial charge in [-0.3, -0.25) is 4.79 Å². The number of carboxylic acid groups (broad SMARTS) is 1. The summed E-state index contributed by atoms with van der Waals surface area (Å²) in [6, 6.07) is 4.56. The molecule has 26 heavy (non-hydrogen) atoms. The molecule has 0 aliphatic carbocycles. The molecule has 1 heterocycles. The zero-order valence-corrected chi connectivity index (χ0v) is 14.6. The van der Waals surface area contributed by atoms with E-state index < -0.39 is 23.5 Å². The van der Waals surface area contributed by atoms with Crippen molar-refractivity contribution in [1.82, 2.24) is 9.97 Å². The van der Waals surface area contributed by atoms with Gasteiger partial charge in [-0.05, 0) is 24.6 Å². The van der Waals surface area contributed by atoms with E-state index in [0.717, 1.165) is 0 Å². The summed E-state index contributed by atoms with van der Waals surface area (Å²) < 4.78 is 39.2. The highest BCUT2D eigenvalue weighted by atomic mass is 35.5. The number of carboxylic acids is 1. The Balaban J connectivity index is 2.21. The van der Waals surface area contributed by atoms with E-state index >= 15 is 0 Å².